The molecule has 1 aliphatic rings. The second-order valence-electron chi connectivity index (χ2n) is 5.00. The number of methoxy groups -OCH3 is 1. The molecule has 2 amide bonds. The zero-order valence-electron chi connectivity index (χ0n) is 12.0. The van der Waals surface area contributed by atoms with Crippen molar-refractivity contribution in [1.82, 2.24) is 4.98 Å². The fourth-order valence-electron chi connectivity index (χ4n) is 2.47. The highest BCUT2D eigenvalue weighted by Crippen LogP contribution is 2.38. The minimum atomic E-state index is -0.364. The van der Waals surface area contributed by atoms with Crippen molar-refractivity contribution < 1.29 is 14.3 Å². The quantitative estimate of drug-likeness (QED) is 0.900. The predicted molar refractivity (Wildman–Crippen MR) is 83.3 cm³/mol. The lowest BCUT2D eigenvalue weighted by atomic mass is 10.1. The highest BCUT2D eigenvalue weighted by molar-refractivity contribution is 7.16. The molecule has 1 aliphatic carbocycles. The van der Waals surface area contributed by atoms with Crippen molar-refractivity contribution in [3.05, 3.63) is 40.4 Å². The van der Waals surface area contributed by atoms with Gasteiger partial charge < -0.3 is 10.5 Å². The summed E-state index contributed by atoms with van der Waals surface area (Å²) in [5, 5.41) is 3.26. The number of carbonyl (C=O) groups excluding carboxylic acids is 2. The molecule has 0 spiro atoms. The summed E-state index contributed by atoms with van der Waals surface area (Å²) in [4.78, 5) is 28.9. The molecule has 1 atom stereocenters. The van der Waals surface area contributed by atoms with Crippen LogP contribution in [0.2, 0.25) is 0 Å². The van der Waals surface area contributed by atoms with Gasteiger partial charge in [-0.25, -0.2) is 4.98 Å². The lowest BCUT2D eigenvalue weighted by Crippen LogP contribution is -2.20. The Morgan fingerprint density at radius 2 is 2.09 bits per heavy atom. The van der Waals surface area contributed by atoms with Gasteiger partial charge in [0, 0.05) is 10.4 Å². The summed E-state index contributed by atoms with van der Waals surface area (Å²) in [5.74, 6) is -0.255. The highest BCUT2D eigenvalue weighted by atomic mass is 32.1. The number of nitrogens with one attached hydrogen (secondary N) is 1. The number of hydrogen-bond donors (Lipinski definition) is 2. The molecule has 0 radical (unpaired) electrons. The molecule has 7 heteroatoms. The Morgan fingerprint density at radius 1 is 1.36 bits per heavy atom. The lowest BCUT2D eigenvalue weighted by molar-refractivity contribution is -0.119. The average Bonchev–Trinajstić information content (AvgIpc) is 3.06. The fraction of sp³-hybridized carbons (Fsp3) is 0.267. The Bertz CT molecular complexity index is 724. The number of benzene rings is 1. The van der Waals surface area contributed by atoms with Crippen molar-refractivity contribution in [2.24, 2.45) is 5.73 Å². The standard InChI is InChI=1S/C15H15N3O3S/c1-21-9-4-2-8(3-5-9)14(20)18-15-17-12-10(13(16)19)6-7-11(12)22-15/h2-5,10H,6-7H2,1H3,(H2,16,19)(H,17,18,20)/t10-/m1/s1. The average molecular weight is 317 g/mol. The number of aryl methyl sites for hydroxylation is 1. The number of anilines is 1. The SMILES string of the molecule is COc1ccc(C(=O)Nc2nc3c(s2)CC[C@H]3C(N)=O)cc1. The van der Waals surface area contributed by atoms with Gasteiger partial charge >= 0.3 is 0 Å². The van der Waals surface area contributed by atoms with E-state index in [4.69, 9.17) is 10.5 Å². The zero-order valence-corrected chi connectivity index (χ0v) is 12.8. The number of hydrogen-bond acceptors (Lipinski definition) is 5. The van der Waals surface area contributed by atoms with Gasteiger partial charge in [-0.05, 0) is 37.1 Å². The number of fused-ring (bicyclic) bond motifs is 1. The number of amides is 2. The summed E-state index contributed by atoms with van der Waals surface area (Å²) in [7, 11) is 1.57. The zero-order chi connectivity index (χ0) is 15.7. The molecule has 0 fully saturated rings. The molecular formula is C15H15N3O3S. The van der Waals surface area contributed by atoms with Crippen LogP contribution >= 0.6 is 11.3 Å². The molecule has 2 aromatic rings. The van der Waals surface area contributed by atoms with Crippen LogP contribution in [-0.2, 0) is 11.2 Å². The molecule has 0 saturated carbocycles. The van der Waals surface area contributed by atoms with Crippen molar-refractivity contribution in [2.45, 2.75) is 18.8 Å². The van der Waals surface area contributed by atoms with Crippen molar-refractivity contribution in [1.29, 1.82) is 0 Å². The summed E-state index contributed by atoms with van der Waals surface area (Å²) in [6.07, 6.45) is 1.48. The molecule has 0 saturated heterocycles. The topological polar surface area (TPSA) is 94.3 Å². The van der Waals surface area contributed by atoms with Gasteiger partial charge in [-0.3, -0.25) is 14.9 Å². The van der Waals surface area contributed by atoms with E-state index in [0.29, 0.717) is 28.6 Å². The molecule has 0 aliphatic heterocycles. The number of nitrogens with zero attached hydrogens (tertiary/aromatic N) is 1. The summed E-state index contributed by atoms with van der Waals surface area (Å²) in [5.41, 5.74) is 6.59. The number of carbonyl (C=O) groups is 2. The first-order valence-electron chi connectivity index (χ1n) is 6.83. The first-order chi connectivity index (χ1) is 10.6. The number of aromatic nitrogens is 1. The second-order valence-corrected chi connectivity index (χ2v) is 6.09. The molecule has 6 nitrogen and oxygen atoms in total. The number of thiazole rings is 1. The summed E-state index contributed by atoms with van der Waals surface area (Å²) < 4.78 is 5.06. The molecule has 3 N–H and O–H groups in total. The molecule has 1 heterocycles. The van der Waals surface area contributed by atoms with Crippen LogP contribution in [0.25, 0.3) is 0 Å². The van der Waals surface area contributed by atoms with E-state index in [1.807, 2.05) is 0 Å². The Balaban J connectivity index is 1.75. The molecule has 22 heavy (non-hydrogen) atoms. The first-order valence-corrected chi connectivity index (χ1v) is 7.64. The normalized spacial score (nSPS) is 16.1. The van der Waals surface area contributed by atoms with Gasteiger partial charge in [-0.2, -0.15) is 0 Å². The van der Waals surface area contributed by atoms with Crippen LogP contribution in [0.1, 0.15) is 33.3 Å². The number of ether oxygens (including phenoxy) is 1. The molecule has 3 rings (SSSR count). The van der Waals surface area contributed by atoms with Crippen LogP contribution in [0, 0.1) is 0 Å². The van der Waals surface area contributed by atoms with E-state index in [0.717, 1.165) is 11.3 Å². The Hall–Kier alpha value is -2.41. The highest BCUT2D eigenvalue weighted by Gasteiger charge is 2.31. The van der Waals surface area contributed by atoms with E-state index in [9.17, 15) is 9.59 Å². The van der Waals surface area contributed by atoms with Crippen molar-refractivity contribution in [2.75, 3.05) is 12.4 Å². The Labute approximate surface area is 131 Å². The Morgan fingerprint density at radius 3 is 2.73 bits per heavy atom. The lowest BCUT2D eigenvalue weighted by Gasteiger charge is -2.05. The van der Waals surface area contributed by atoms with Crippen LogP contribution in [0.3, 0.4) is 0 Å². The number of primary amides is 1. The van der Waals surface area contributed by atoms with Gasteiger partial charge in [-0.1, -0.05) is 0 Å². The smallest absolute Gasteiger partial charge is 0.257 e. The van der Waals surface area contributed by atoms with Crippen molar-refractivity contribution in [3.8, 4) is 5.75 Å². The van der Waals surface area contributed by atoms with Crippen LogP contribution < -0.4 is 15.8 Å². The fourth-order valence-corrected chi connectivity index (χ4v) is 3.50. The summed E-state index contributed by atoms with van der Waals surface area (Å²) >= 11 is 1.40. The van der Waals surface area contributed by atoms with Gasteiger partial charge in [0.15, 0.2) is 5.13 Å². The minimum Gasteiger partial charge on any atom is -0.497 e. The largest absolute Gasteiger partial charge is 0.497 e. The molecule has 1 aromatic heterocycles. The third kappa shape index (κ3) is 2.67. The van der Waals surface area contributed by atoms with E-state index < -0.39 is 0 Å². The third-order valence-electron chi connectivity index (χ3n) is 3.63. The predicted octanol–water partition coefficient (Wildman–Crippen LogP) is 1.92. The number of rotatable bonds is 4. The molecular weight excluding hydrogens is 302 g/mol. The van der Waals surface area contributed by atoms with Crippen LogP contribution in [0.4, 0.5) is 5.13 Å². The number of nitrogens with two attached hydrogens (primary N) is 1. The maximum Gasteiger partial charge on any atom is 0.257 e. The van der Waals surface area contributed by atoms with Gasteiger partial charge in [0.25, 0.3) is 5.91 Å². The third-order valence-corrected chi connectivity index (χ3v) is 4.68. The molecule has 1 aromatic carbocycles. The summed E-state index contributed by atoms with van der Waals surface area (Å²) in [6, 6.07) is 6.81. The van der Waals surface area contributed by atoms with E-state index >= 15 is 0 Å². The van der Waals surface area contributed by atoms with E-state index in [1.165, 1.54) is 11.3 Å². The maximum atomic E-state index is 12.2. The van der Waals surface area contributed by atoms with Crippen LogP contribution in [0.5, 0.6) is 5.75 Å². The van der Waals surface area contributed by atoms with E-state index in [2.05, 4.69) is 10.3 Å². The Kier molecular flexibility index (Phi) is 3.81. The maximum absolute atomic E-state index is 12.2. The summed E-state index contributed by atoms with van der Waals surface area (Å²) in [6.45, 7) is 0. The van der Waals surface area contributed by atoms with Crippen molar-refractivity contribution in [3.63, 3.8) is 0 Å². The van der Waals surface area contributed by atoms with Gasteiger partial charge in [0.05, 0.1) is 18.7 Å². The first kappa shape index (κ1) is 14.5. The van der Waals surface area contributed by atoms with Gasteiger partial charge in [0.1, 0.15) is 5.75 Å². The van der Waals surface area contributed by atoms with Crippen LogP contribution in [0.15, 0.2) is 24.3 Å². The molecule has 114 valence electrons. The van der Waals surface area contributed by atoms with E-state index in [-0.39, 0.29) is 17.7 Å². The van der Waals surface area contributed by atoms with Crippen molar-refractivity contribution >= 4 is 28.3 Å². The van der Waals surface area contributed by atoms with Gasteiger partial charge in [-0.15, -0.1) is 11.3 Å². The van der Waals surface area contributed by atoms with Crippen LogP contribution in [-0.4, -0.2) is 23.9 Å². The monoisotopic (exact) mass is 317 g/mol. The minimum absolute atomic E-state index is 0.245. The second kappa shape index (κ2) is 5.76. The van der Waals surface area contributed by atoms with Gasteiger partial charge in [0.2, 0.25) is 5.91 Å². The molecule has 0 unspecified atom stereocenters. The molecule has 0 bridgehead atoms. The van der Waals surface area contributed by atoms with E-state index in [1.54, 1.807) is 31.4 Å².